The van der Waals surface area contributed by atoms with E-state index in [2.05, 4.69) is 32.9 Å². The van der Waals surface area contributed by atoms with E-state index in [0.29, 0.717) is 12.5 Å². The maximum absolute atomic E-state index is 11.6. The molecule has 2 aromatic rings. The summed E-state index contributed by atoms with van der Waals surface area (Å²) in [6, 6.07) is 10.3. The lowest BCUT2D eigenvalue weighted by atomic mass is 9.83. The maximum atomic E-state index is 11.6. The molecule has 1 heterocycles. The first-order chi connectivity index (χ1) is 13.3. The van der Waals surface area contributed by atoms with Crippen LogP contribution in [0, 0.1) is 32.6 Å². The van der Waals surface area contributed by atoms with Crippen molar-refractivity contribution in [3.05, 3.63) is 58.1 Å². The van der Waals surface area contributed by atoms with E-state index in [1.54, 1.807) is 0 Å². The Morgan fingerprint density at radius 2 is 1.75 bits per heavy atom. The Hall–Kier alpha value is -2.49. The average Bonchev–Trinajstić information content (AvgIpc) is 3.49. The molecule has 4 nitrogen and oxygen atoms in total. The van der Waals surface area contributed by atoms with Crippen molar-refractivity contribution in [2.24, 2.45) is 11.8 Å². The summed E-state index contributed by atoms with van der Waals surface area (Å²) in [5, 5.41) is 9.54. The summed E-state index contributed by atoms with van der Waals surface area (Å²) in [6.45, 7) is 8.63. The minimum absolute atomic E-state index is 0.0233. The Balaban J connectivity index is 1.64. The van der Waals surface area contributed by atoms with Crippen molar-refractivity contribution in [3.63, 3.8) is 0 Å². The largest absolute Gasteiger partial charge is 0.485 e. The molecule has 0 saturated heterocycles. The number of ether oxygens (including phenoxy) is 2. The Labute approximate surface area is 166 Å². The number of hydrogen-bond acceptors (Lipinski definition) is 3. The molecule has 4 rings (SSSR count). The molecule has 0 aromatic heterocycles. The second-order valence-corrected chi connectivity index (χ2v) is 8.41. The summed E-state index contributed by atoms with van der Waals surface area (Å²) in [5.41, 5.74) is 5.91. The number of aryl methyl sites for hydroxylation is 3. The molecule has 2 aromatic carbocycles. The molecular formula is C24H28O4. The van der Waals surface area contributed by atoms with Crippen LogP contribution >= 0.6 is 0 Å². The van der Waals surface area contributed by atoms with Crippen molar-refractivity contribution in [2.75, 3.05) is 6.61 Å². The molecule has 4 heteroatoms. The molecule has 1 aliphatic carbocycles. The van der Waals surface area contributed by atoms with Gasteiger partial charge in [0.2, 0.25) is 0 Å². The predicted molar refractivity (Wildman–Crippen MR) is 108 cm³/mol. The minimum Gasteiger partial charge on any atom is -0.485 e. The number of carbonyl (C=O) groups is 1. The third-order valence-electron chi connectivity index (χ3n) is 6.30. The van der Waals surface area contributed by atoms with E-state index in [-0.39, 0.29) is 12.0 Å². The molecule has 0 spiro atoms. The number of carboxylic acid groups (broad SMARTS) is 1. The Morgan fingerprint density at radius 3 is 2.43 bits per heavy atom. The molecule has 0 amide bonds. The fourth-order valence-corrected chi connectivity index (χ4v) is 4.36. The van der Waals surface area contributed by atoms with E-state index in [1.165, 1.54) is 16.7 Å². The van der Waals surface area contributed by atoms with Crippen LogP contribution in [0.2, 0.25) is 0 Å². The lowest BCUT2D eigenvalue weighted by Gasteiger charge is -2.30. The zero-order valence-corrected chi connectivity index (χ0v) is 17.0. The predicted octanol–water partition coefficient (Wildman–Crippen LogP) is 5.34. The van der Waals surface area contributed by atoms with Gasteiger partial charge >= 0.3 is 5.97 Å². The lowest BCUT2D eigenvalue weighted by molar-refractivity contribution is -0.142. The molecular weight excluding hydrogens is 352 g/mol. The van der Waals surface area contributed by atoms with Gasteiger partial charge in [-0.3, -0.25) is 4.79 Å². The highest BCUT2D eigenvalue weighted by Crippen LogP contribution is 2.49. The summed E-state index contributed by atoms with van der Waals surface area (Å²) in [5.74, 6) is 0.776. The summed E-state index contributed by atoms with van der Waals surface area (Å²) < 4.78 is 12.3. The van der Waals surface area contributed by atoms with E-state index in [0.717, 1.165) is 35.5 Å². The minimum atomic E-state index is -0.740. The number of hydrogen-bond donors (Lipinski definition) is 1. The Kier molecular flexibility index (Phi) is 4.82. The monoisotopic (exact) mass is 380 g/mol. The van der Waals surface area contributed by atoms with Gasteiger partial charge in [0.1, 0.15) is 6.61 Å². The van der Waals surface area contributed by atoms with Gasteiger partial charge in [0.25, 0.3) is 0 Å². The van der Waals surface area contributed by atoms with Crippen LogP contribution in [0.1, 0.15) is 59.6 Å². The van der Waals surface area contributed by atoms with E-state index >= 15 is 0 Å². The van der Waals surface area contributed by atoms with E-state index in [4.69, 9.17) is 9.47 Å². The molecule has 3 atom stereocenters. The van der Waals surface area contributed by atoms with E-state index in [1.807, 2.05) is 25.1 Å². The number of carboxylic acids is 1. The maximum Gasteiger partial charge on any atom is 0.306 e. The first-order valence-electron chi connectivity index (χ1n) is 10.1. The van der Waals surface area contributed by atoms with Crippen LogP contribution in [0.25, 0.3) is 0 Å². The van der Waals surface area contributed by atoms with Crippen molar-refractivity contribution in [3.8, 4) is 11.5 Å². The van der Waals surface area contributed by atoms with Crippen molar-refractivity contribution >= 4 is 5.97 Å². The number of fused-ring (bicyclic) bond motifs is 1. The molecule has 0 unspecified atom stereocenters. The van der Waals surface area contributed by atoms with Crippen LogP contribution in [0.5, 0.6) is 11.5 Å². The van der Waals surface area contributed by atoms with Crippen LogP contribution in [0.3, 0.4) is 0 Å². The Bertz CT molecular complexity index is 913. The SMILES string of the molecule is Cc1cc(C)c([C@@H]2COc3ccc([C@H](C4CC4)[C@H](C)C(=O)O)cc3O2)cc1C. The third-order valence-corrected chi connectivity index (χ3v) is 6.30. The van der Waals surface area contributed by atoms with Gasteiger partial charge < -0.3 is 14.6 Å². The molecule has 2 aliphatic rings. The summed E-state index contributed by atoms with van der Waals surface area (Å²) >= 11 is 0. The molecule has 1 aliphatic heterocycles. The standard InChI is InChI=1S/C24H28O4/c1-13-9-15(3)19(10-14(13)2)22-12-27-20-8-7-18(11-21(20)28-22)23(17-5-6-17)16(4)24(25)26/h7-11,16-17,22-23H,5-6,12H2,1-4H3,(H,25,26)/t16-,22-,23-/m0/s1. The molecule has 1 fully saturated rings. The fourth-order valence-electron chi connectivity index (χ4n) is 4.36. The normalized spacial score (nSPS) is 20.5. The summed E-state index contributed by atoms with van der Waals surface area (Å²) in [7, 11) is 0. The second-order valence-electron chi connectivity index (χ2n) is 8.41. The van der Waals surface area contributed by atoms with Gasteiger partial charge in [-0.15, -0.1) is 0 Å². The number of rotatable bonds is 5. The zero-order valence-electron chi connectivity index (χ0n) is 17.0. The van der Waals surface area contributed by atoms with Gasteiger partial charge in [-0.25, -0.2) is 0 Å². The second kappa shape index (κ2) is 7.16. The number of aliphatic carboxylic acids is 1. The van der Waals surface area contributed by atoms with Crippen molar-refractivity contribution in [1.29, 1.82) is 0 Å². The molecule has 28 heavy (non-hydrogen) atoms. The van der Waals surface area contributed by atoms with E-state index in [9.17, 15) is 9.90 Å². The molecule has 148 valence electrons. The summed E-state index contributed by atoms with van der Waals surface area (Å²) in [4.78, 5) is 11.6. The third kappa shape index (κ3) is 3.48. The van der Waals surface area contributed by atoms with E-state index < -0.39 is 11.9 Å². The van der Waals surface area contributed by atoms with Crippen LogP contribution in [0.4, 0.5) is 0 Å². The van der Waals surface area contributed by atoms with Crippen molar-refractivity contribution in [2.45, 2.75) is 52.6 Å². The highest BCUT2D eigenvalue weighted by Gasteiger charge is 2.39. The van der Waals surface area contributed by atoms with Crippen LogP contribution in [-0.2, 0) is 4.79 Å². The summed E-state index contributed by atoms with van der Waals surface area (Å²) in [6.07, 6.45) is 2.04. The van der Waals surface area contributed by atoms with Crippen molar-refractivity contribution < 1.29 is 19.4 Å². The highest BCUT2D eigenvalue weighted by molar-refractivity contribution is 5.71. The molecule has 1 N–H and O–H groups in total. The topological polar surface area (TPSA) is 55.8 Å². The van der Waals surface area contributed by atoms with Gasteiger partial charge in [0.05, 0.1) is 5.92 Å². The van der Waals surface area contributed by atoms with Crippen LogP contribution < -0.4 is 9.47 Å². The first-order valence-corrected chi connectivity index (χ1v) is 10.1. The average molecular weight is 380 g/mol. The Morgan fingerprint density at radius 1 is 1.04 bits per heavy atom. The van der Waals surface area contributed by atoms with Gasteiger partial charge in [0.15, 0.2) is 17.6 Å². The highest BCUT2D eigenvalue weighted by atomic mass is 16.6. The first kappa shape index (κ1) is 18.9. The molecule has 1 saturated carbocycles. The lowest BCUT2D eigenvalue weighted by Crippen LogP contribution is -2.24. The quantitative estimate of drug-likeness (QED) is 0.761. The number of benzene rings is 2. The molecule has 0 radical (unpaired) electrons. The fraction of sp³-hybridized carbons (Fsp3) is 0.458. The zero-order chi connectivity index (χ0) is 20.0. The molecule has 0 bridgehead atoms. The van der Waals surface area contributed by atoms with Crippen LogP contribution in [0.15, 0.2) is 30.3 Å². The van der Waals surface area contributed by atoms with Gasteiger partial charge in [-0.1, -0.05) is 25.1 Å². The smallest absolute Gasteiger partial charge is 0.306 e. The van der Waals surface area contributed by atoms with Gasteiger partial charge in [0, 0.05) is 0 Å². The van der Waals surface area contributed by atoms with Crippen molar-refractivity contribution in [1.82, 2.24) is 0 Å². The van der Waals surface area contributed by atoms with Gasteiger partial charge in [-0.05, 0) is 85.4 Å². The van der Waals surface area contributed by atoms with Crippen LogP contribution in [-0.4, -0.2) is 17.7 Å². The van der Waals surface area contributed by atoms with Gasteiger partial charge in [-0.2, -0.15) is 0 Å².